The van der Waals surface area contributed by atoms with Crippen LogP contribution in [0.2, 0.25) is 0 Å². The quantitative estimate of drug-likeness (QED) is 0.186. The predicted molar refractivity (Wildman–Crippen MR) is 141 cm³/mol. The van der Waals surface area contributed by atoms with Crippen LogP contribution in [0.15, 0.2) is 62.9 Å². The second-order valence-electron chi connectivity index (χ2n) is 8.40. The van der Waals surface area contributed by atoms with Gasteiger partial charge in [0.05, 0.1) is 17.6 Å². The third-order valence-corrected chi connectivity index (χ3v) is 6.59. The topological polar surface area (TPSA) is 95.0 Å². The normalized spacial score (nSPS) is 11.8. The van der Waals surface area contributed by atoms with Gasteiger partial charge in [0.25, 0.3) is 11.5 Å². The van der Waals surface area contributed by atoms with Crippen LogP contribution in [-0.2, 0) is 11.3 Å². The average molecular weight is 551 g/mol. The molecule has 0 N–H and O–H groups in total. The molecule has 0 fully saturated rings. The van der Waals surface area contributed by atoms with E-state index in [4.69, 9.17) is 9.72 Å². The Hall–Kier alpha value is -3.59. The Morgan fingerprint density at radius 3 is 2.56 bits per heavy atom. The number of hydrogen-bond donors (Lipinski definition) is 0. The summed E-state index contributed by atoms with van der Waals surface area (Å²) in [5.74, 6) is -1.18. The van der Waals surface area contributed by atoms with Crippen molar-refractivity contribution in [2.75, 3.05) is 6.61 Å². The van der Waals surface area contributed by atoms with E-state index in [-0.39, 0.29) is 28.6 Å². The molecule has 0 bridgehead atoms. The zero-order valence-electron chi connectivity index (χ0n) is 20.5. The van der Waals surface area contributed by atoms with Crippen molar-refractivity contribution >= 4 is 44.5 Å². The lowest BCUT2D eigenvalue weighted by Gasteiger charge is -2.15. The molecule has 0 spiro atoms. The fourth-order valence-electron chi connectivity index (χ4n) is 4.09. The first-order chi connectivity index (χ1) is 17.4. The Morgan fingerprint density at radius 2 is 1.83 bits per heavy atom. The Bertz CT molecular complexity index is 1600. The Labute approximate surface area is 216 Å². The number of carbonyl (C=O) groups is 2. The van der Waals surface area contributed by atoms with Crippen LogP contribution in [0.4, 0.5) is 0 Å². The second kappa shape index (κ2) is 11.0. The number of ether oxygens (including phenoxy) is 1. The molecule has 0 saturated carbocycles. The molecule has 0 aliphatic heterocycles. The molecule has 36 heavy (non-hydrogen) atoms. The van der Waals surface area contributed by atoms with Gasteiger partial charge in [-0.05, 0) is 66.0 Å². The highest BCUT2D eigenvalue weighted by Gasteiger charge is 2.21. The number of nitrogens with zero attached hydrogens (tertiary/aromatic N) is 4. The predicted octanol–water partition coefficient (Wildman–Crippen LogP) is 4.83. The smallest absolute Gasteiger partial charge is 0.341 e. The zero-order valence-corrected chi connectivity index (χ0v) is 22.0. The molecular formula is C27H27BrN4O4. The van der Waals surface area contributed by atoms with Crippen molar-refractivity contribution in [3.8, 4) is 0 Å². The molecular weight excluding hydrogens is 524 g/mol. The summed E-state index contributed by atoms with van der Waals surface area (Å²) >= 11 is 3.40. The molecule has 1 amide bonds. The highest BCUT2D eigenvalue weighted by atomic mass is 79.9. The number of halogens is 1. The molecule has 3 aromatic heterocycles. The van der Waals surface area contributed by atoms with Gasteiger partial charge in [0.1, 0.15) is 16.9 Å². The molecule has 0 atom stereocenters. The maximum Gasteiger partial charge on any atom is 0.341 e. The molecule has 3 heterocycles. The third-order valence-electron chi connectivity index (χ3n) is 5.90. The van der Waals surface area contributed by atoms with Gasteiger partial charge in [0, 0.05) is 17.2 Å². The summed E-state index contributed by atoms with van der Waals surface area (Å²) in [7, 11) is 0. The zero-order chi connectivity index (χ0) is 25.8. The molecule has 0 saturated heterocycles. The molecule has 4 rings (SSSR count). The number of amides is 1. The van der Waals surface area contributed by atoms with Crippen LogP contribution in [0.3, 0.4) is 0 Å². The molecule has 1 aromatic carbocycles. The van der Waals surface area contributed by atoms with Gasteiger partial charge in [0.2, 0.25) is 0 Å². The minimum absolute atomic E-state index is 0.0488. The Morgan fingerprint density at radius 1 is 1.06 bits per heavy atom. The number of esters is 1. The minimum atomic E-state index is -0.656. The highest BCUT2D eigenvalue weighted by Crippen LogP contribution is 2.18. The molecule has 9 heteroatoms. The van der Waals surface area contributed by atoms with E-state index in [0.29, 0.717) is 27.9 Å². The summed E-state index contributed by atoms with van der Waals surface area (Å²) in [5, 5.41) is 0.255. The van der Waals surface area contributed by atoms with Crippen molar-refractivity contribution in [2.24, 2.45) is 4.99 Å². The van der Waals surface area contributed by atoms with Gasteiger partial charge < -0.3 is 9.30 Å². The fourth-order valence-corrected chi connectivity index (χ4v) is 4.54. The van der Waals surface area contributed by atoms with Crippen LogP contribution < -0.4 is 11.0 Å². The molecule has 0 aliphatic carbocycles. The number of aryl methyl sites for hydroxylation is 2. The van der Waals surface area contributed by atoms with Crippen molar-refractivity contribution in [3.05, 3.63) is 85.7 Å². The van der Waals surface area contributed by atoms with Gasteiger partial charge >= 0.3 is 5.97 Å². The first kappa shape index (κ1) is 25.5. The van der Waals surface area contributed by atoms with E-state index in [0.717, 1.165) is 24.8 Å². The van der Waals surface area contributed by atoms with Gasteiger partial charge in [-0.1, -0.05) is 38.0 Å². The number of aromatic nitrogens is 3. The molecule has 4 aromatic rings. The molecule has 186 valence electrons. The number of pyridine rings is 2. The van der Waals surface area contributed by atoms with Gasteiger partial charge in [-0.25, -0.2) is 9.78 Å². The van der Waals surface area contributed by atoms with Crippen LogP contribution in [0.5, 0.6) is 0 Å². The molecule has 0 radical (unpaired) electrons. The van der Waals surface area contributed by atoms with Crippen LogP contribution in [0, 0.1) is 6.92 Å². The first-order valence-corrected chi connectivity index (χ1v) is 12.7. The average Bonchev–Trinajstić information content (AvgIpc) is 2.86. The van der Waals surface area contributed by atoms with E-state index in [9.17, 15) is 14.4 Å². The summed E-state index contributed by atoms with van der Waals surface area (Å²) in [5.41, 5.74) is 1.93. The summed E-state index contributed by atoms with van der Waals surface area (Å²) in [6.45, 7) is 6.22. The summed E-state index contributed by atoms with van der Waals surface area (Å²) in [6, 6.07) is 12.1. The molecule has 0 aliphatic rings. The van der Waals surface area contributed by atoms with Crippen LogP contribution >= 0.6 is 15.9 Å². The van der Waals surface area contributed by atoms with Crippen LogP contribution in [0.25, 0.3) is 16.7 Å². The number of hydrogen-bond acceptors (Lipinski definition) is 5. The lowest BCUT2D eigenvalue weighted by Crippen LogP contribution is -2.33. The van der Waals surface area contributed by atoms with Gasteiger partial charge in [-0.2, -0.15) is 4.99 Å². The minimum Gasteiger partial charge on any atom is -0.462 e. The summed E-state index contributed by atoms with van der Waals surface area (Å²) in [4.78, 5) is 49.1. The maximum absolute atomic E-state index is 13.5. The lowest BCUT2D eigenvalue weighted by atomic mass is 10.1. The van der Waals surface area contributed by atoms with Gasteiger partial charge in [0.15, 0.2) is 5.49 Å². The Balaban J connectivity index is 2.13. The van der Waals surface area contributed by atoms with Crippen LogP contribution in [-0.4, -0.2) is 32.4 Å². The monoisotopic (exact) mass is 550 g/mol. The van der Waals surface area contributed by atoms with E-state index < -0.39 is 11.9 Å². The highest BCUT2D eigenvalue weighted by molar-refractivity contribution is 9.10. The number of unbranched alkanes of at least 4 members (excludes halogenated alkanes) is 2. The van der Waals surface area contributed by atoms with E-state index in [1.165, 1.54) is 10.5 Å². The summed E-state index contributed by atoms with van der Waals surface area (Å²) in [6.07, 6.45) is 4.29. The van der Waals surface area contributed by atoms with Crippen molar-refractivity contribution < 1.29 is 14.3 Å². The van der Waals surface area contributed by atoms with E-state index in [2.05, 4.69) is 27.8 Å². The molecule has 8 nitrogen and oxygen atoms in total. The standard InChI is InChI=1S/C27H27BrN4O4/c1-4-6-9-14-31-23-19(26(34)32-15-10-11-17(3)22(32)29-23)16-20(27(35)36-5-2)24(31)30-25(33)18-12-7-8-13-21(18)28/h7-8,10-13,15-16H,4-6,9,14H2,1-3H3. The van der Waals surface area contributed by atoms with Crippen LogP contribution in [0.1, 0.15) is 59.4 Å². The van der Waals surface area contributed by atoms with Gasteiger partial charge in [-0.15, -0.1) is 0 Å². The van der Waals surface area contributed by atoms with E-state index in [1.807, 2.05) is 13.0 Å². The van der Waals surface area contributed by atoms with Crippen molar-refractivity contribution in [1.82, 2.24) is 14.0 Å². The largest absolute Gasteiger partial charge is 0.462 e. The first-order valence-electron chi connectivity index (χ1n) is 11.9. The van der Waals surface area contributed by atoms with Gasteiger partial charge in [-0.3, -0.25) is 14.0 Å². The number of carbonyl (C=O) groups excluding carboxylic acids is 2. The number of rotatable bonds is 7. The van der Waals surface area contributed by atoms with Crippen molar-refractivity contribution in [1.29, 1.82) is 0 Å². The van der Waals surface area contributed by atoms with E-state index >= 15 is 0 Å². The van der Waals surface area contributed by atoms with Crippen molar-refractivity contribution in [3.63, 3.8) is 0 Å². The number of benzene rings is 1. The lowest BCUT2D eigenvalue weighted by molar-refractivity contribution is 0.0523. The van der Waals surface area contributed by atoms with E-state index in [1.54, 1.807) is 48.0 Å². The SMILES string of the molecule is CCCCCn1c(=NC(=O)c2ccccc2Br)c(C(=O)OCC)cc2c(=O)n3cccc(C)c3nc21. The summed E-state index contributed by atoms with van der Waals surface area (Å²) < 4.78 is 9.06. The maximum atomic E-state index is 13.5. The number of fused-ring (bicyclic) bond motifs is 2. The second-order valence-corrected chi connectivity index (χ2v) is 9.25. The fraction of sp³-hybridized carbons (Fsp3) is 0.296. The molecule has 0 unspecified atom stereocenters. The third kappa shape index (κ3) is 4.88. The Kier molecular flexibility index (Phi) is 7.79. The van der Waals surface area contributed by atoms with Crippen molar-refractivity contribution in [2.45, 2.75) is 46.6 Å².